The second-order valence-electron chi connectivity index (χ2n) is 8.66. The third-order valence-corrected chi connectivity index (χ3v) is 6.74. The predicted molar refractivity (Wildman–Crippen MR) is 130 cm³/mol. The monoisotopic (exact) mass is 512 g/mol. The Bertz CT molecular complexity index is 1490. The fraction of sp³-hybridized carbons (Fsp3) is 0.185. The zero-order valence-electron chi connectivity index (χ0n) is 18.8. The summed E-state index contributed by atoms with van der Waals surface area (Å²) in [5, 5.41) is 9.14. The Morgan fingerprint density at radius 3 is 2.22 bits per heavy atom. The number of hydrogen-bond acceptors (Lipinski definition) is 2. The number of carbonyl (C=O) groups is 2. The zero-order chi connectivity index (χ0) is 25.6. The number of carboxylic acids is 1. The van der Waals surface area contributed by atoms with E-state index in [1.807, 2.05) is 0 Å². The lowest BCUT2D eigenvalue weighted by atomic mass is 10.0. The highest BCUT2D eigenvalue weighted by atomic mass is 35.5. The average Bonchev–Trinajstić information content (AvgIpc) is 3.51. The number of nitrogens with zero attached hydrogens (tertiary/aromatic N) is 2. The molecule has 4 aromatic rings. The topological polar surface area (TPSA) is 62.0 Å². The van der Waals surface area contributed by atoms with Crippen molar-refractivity contribution in [3.8, 4) is 22.4 Å². The Hall–Kier alpha value is -3.78. The largest absolute Gasteiger partial charge is 0.478 e. The molecular weight excluding hydrogens is 493 g/mol. The molecule has 0 bridgehead atoms. The van der Waals surface area contributed by atoms with Gasteiger partial charge < -0.3 is 14.4 Å². The van der Waals surface area contributed by atoms with E-state index in [1.54, 1.807) is 45.8 Å². The van der Waals surface area contributed by atoms with Crippen LogP contribution >= 0.6 is 11.6 Å². The summed E-state index contributed by atoms with van der Waals surface area (Å²) in [4.78, 5) is 26.1. The summed E-state index contributed by atoms with van der Waals surface area (Å²) in [5.41, 5.74) is 1.29. The van der Waals surface area contributed by atoms with Crippen molar-refractivity contribution >= 4 is 29.0 Å². The maximum atomic E-state index is 14.0. The molecular formula is C27H20ClF3N2O3. The van der Waals surface area contributed by atoms with Crippen LogP contribution in [0.25, 0.3) is 27.9 Å². The molecule has 0 radical (unpaired) electrons. The van der Waals surface area contributed by atoms with Crippen molar-refractivity contribution in [3.05, 3.63) is 88.6 Å². The van der Waals surface area contributed by atoms with E-state index in [0.717, 1.165) is 18.9 Å². The minimum Gasteiger partial charge on any atom is -0.478 e. The summed E-state index contributed by atoms with van der Waals surface area (Å²) < 4.78 is 43.5. The van der Waals surface area contributed by atoms with Gasteiger partial charge in [0, 0.05) is 30.4 Å². The lowest BCUT2D eigenvalue weighted by Crippen LogP contribution is -2.27. The summed E-state index contributed by atoms with van der Waals surface area (Å²) in [5.74, 6) is -1.27. The van der Waals surface area contributed by atoms with Crippen molar-refractivity contribution in [1.82, 2.24) is 9.30 Å². The quantitative estimate of drug-likeness (QED) is 0.324. The van der Waals surface area contributed by atoms with Gasteiger partial charge in [-0.05, 0) is 60.9 Å². The molecule has 5 nitrogen and oxygen atoms in total. The van der Waals surface area contributed by atoms with Crippen LogP contribution in [0.3, 0.4) is 0 Å². The standard InChI is InChI=1S/C27H20ClF3N2O3/c28-21-5-3-4-20(27(29,30)31)24(21)23-14-19(16-6-8-17(9-7-16)26(35)36)22-11-10-18(15-33(22)23)25(34)32-12-1-2-13-32/h3-11,14-15H,1-2,12-13H2,(H,35,36). The van der Waals surface area contributed by atoms with E-state index in [9.17, 15) is 27.9 Å². The van der Waals surface area contributed by atoms with Gasteiger partial charge in [0.05, 0.1) is 32.9 Å². The third-order valence-electron chi connectivity index (χ3n) is 6.42. The Labute approximate surface area is 209 Å². The first-order valence-corrected chi connectivity index (χ1v) is 11.7. The number of aromatic nitrogens is 1. The average molecular weight is 513 g/mol. The summed E-state index contributed by atoms with van der Waals surface area (Å²) in [7, 11) is 0. The van der Waals surface area contributed by atoms with Gasteiger partial charge in [-0.1, -0.05) is 29.8 Å². The second-order valence-corrected chi connectivity index (χ2v) is 9.07. The number of amides is 1. The number of benzene rings is 2. The van der Waals surface area contributed by atoms with Crippen molar-refractivity contribution in [2.45, 2.75) is 19.0 Å². The van der Waals surface area contributed by atoms with Crippen molar-refractivity contribution < 1.29 is 27.9 Å². The van der Waals surface area contributed by atoms with E-state index in [2.05, 4.69) is 0 Å². The Balaban J connectivity index is 1.76. The van der Waals surface area contributed by atoms with E-state index >= 15 is 0 Å². The van der Waals surface area contributed by atoms with Crippen molar-refractivity contribution in [3.63, 3.8) is 0 Å². The number of carboxylic acid groups (broad SMARTS) is 1. The normalized spacial score (nSPS) is 13.9. The summed E-state index contributed by atoms with van der Waals surface area (Å²) in [6, 6.07) is 14.6. The lowest BCUT2D eigenvalue weighted by Gasteiger charge is -2.17. The first kappa shape index (κ1) is 23.9. The highest BCUT2D eigenvalue weighted by Crippen LogP contribution is 2.43. The molecule has 0 atom stereocenters. The number of hydrogen-bond donors (Lipinski definition) is 1. The van der Waals surface area contributed by atoms with Gasteiger partial charge in [0.25, 0.3) is 5.91 Å². The molecule has 1 saturated heterocycles. The van der Waals surface area contributed by atoms with E-state index < -0.39 is 17.7 Å². The number of halogens is 4. The van der Waals surface area contributed by atoms with Crippen LogP contribution in [0.1, 0.15) is 39.1 Å². The van der Waals surface area contributed by atoms with Gasteiger partial charge in [-0.3, -0.25) is 4.79 Å². The van der Waals surface area contributed by atoms with Crippen molar-refractivity contribution in [2.24, 2.45) is 0 Å². The molecule has 184 valence electrons. The number of fused-ring (bicyclic) bond motifs is 1. The molecule has 0 unspecified atom stereocenters. The van der Waals surface area contributed by atoms with E-state index in [4.69, 9.17) is 11.6 Å². The summed E-state index contributed by atoms with van der Waals surface area (Å²) in [6.07, 6.45) is -1.29. The van der Waals surface area contributed by atoms with Gasteiger partial charge >= 0.3 is 12.1 Å². The van der Waals surface area contributed by atoms with E-state index in [1.165, 1.54) is 24.3 Å². The Morgan fingerprint density at radius 1 is 0.917 bits per heavy atom. The molecule has 0 saturated carbocycles. The fourth-order valence-electron chi connectivity index (χ4n) is 4.67. The first-order valence-electron chi connectivity index (χ1n) is 11.3. The molecule has 0 aliphatic carbocycles. The van der Waals surface area contributed by atoms with Crippen LogP contribution in [0.2, 0.25) is 5.02 Å². The maximum Gasteiger partial charge on any atom is 0.417 e. The van der Waals surface area contributed by atoms with Gasteiger partial charge in [-0.25, -0.2) is 4.79 Å². The van der Waals surface area contributed by atoms with Crippen LogP contribution in [0.4, 0.5) is 13.2 Å². The molecule has 2 aromatic heterocycles. The molecule has 1 aliphatic heterocycles. The van der Waals surface area contributed by atoms with Gasteiger partial charge in [0.15, 0.2) is 0 Å². The minimum atomic E-state index is -4.66. The van der Waals surface area contributed by atoms with Crippen LogP contribution < -0.4 is 0 Å². The third kappa shape index (κ3) is 4.22. The molecule has 1 amide bonds. The number of aromatic carboxylic acids is 1. The van der Waals surface area contributed by atoms with Crippen molar-refractivity contribution in [2.75, 3.05) is 13.1 Å². The highest BCUT2D eigenvalue weighted by Gasteiger charge is 2.35. The molecule has 0 spiro atoms. The molecule has 1 N–H and O–H groups in total. The molecule has 2 aromatic carbocycles. The molecule has 36 heavy (non-hydrogen) atoms. The predicted octanol–water partition coefficient (Wildman–Crippen LogP) is 6.88. The van der Waals surface area contributed by atoms with E-state index in [0.29, 0.717) is 35.3 Å². The number of rotatable bonds is 4. The van der Waals surface area contributed by atoms with E-state index in [-0.39, 0.29) is 27.8 Å². The van der Waals surface area contributed by atoms with Gasteiger partial charge in [-0.15, -0.1) is 0 Å². The first-order chi connectivity index (χ1) is 17.1. The number of pyridine rings is 1. The SMILES string of the molecule is O=C(O)c1ccc(-c2cc(-c3c(Cl)cccc3C(F)(F)F)n3cc(C(=O)N4CCCC4)ccc23)cc1. The van der Waals surface area contributed by atoms with Crippen LogP contribution in [0.5, 0.6) is 0 Å². The smallest absolute Gasteiger partial charge is 0.417 e. The number of carbonyl (C=O) groups excluding carboxylic acids is 1. The van der Waals surface area contributed by atoms with Gasteiger partial charge in [0.2, 0.25) is 0 Å². The lowest BCUT2D eigenvalue weighted by molar-refractivity contribution is -0.137. The van der Waals surface area contributed by atoms with Gasteiger partial charge in [0.1, 0.15) is 0 Å². The zero-order valence-corrected chi connectivity index (χ0v) is 19.6. The second kappa shape index (κ2) is 9.02. The van der Waals surface area contributed by atoms with Crippen molar-refractivity contribution in [1.29, 1.82) is 0 Å². The highest BCUT2D eigenvalue weighted by molar-refractivity contribution is 6.33. The minimum absolute atomic E-state index is 0.0757. The van der Waals surface area contributed by atoms with Crippen LogP contribution in [0.15, 0.2) is 66.9 Å². The number of likely N-dealkylation sites (tertiary alicyclic amines) is 1. The molecule has 1 fully saturated rings. The Kier molecular flexibility index (Phi) is 6.00. The summed E-state index contributed by atoms with van der Waals surface area (Å²) in [6.45, 7) is 1.28. The Morgan fingerprint density at radius 2 is 1.58 bits per heavy atom. The summed E-state index contributed by atoms with van der Waals surface area (Å²) >= 11 is 6.33. The number of alkyl halides is 3. The maximum absolute atomic E-state index is 14.0. The molecule has 1 aliphatic rings. The van der Waals surface area contributed by atoms with Gasteiger partial charge in [-0.2, -0.15) is 13.2 Å². The van der Waals surface area contributed by atoms with Crippen LogP contribution in [0, 0.1) is 0 Å². The molecule has 9 heteroatoms. The molecule has 3 heterocycles. The van der Waals surface area contributed by atoms with Crippen LogP contribution in [-0.2, 0) is 6.18 Å². The molecule has 5 rings (SSSR count). The van der Waals surface area contributed by atoms with Crippen LogP contribution in [-0.4, -0.2) is 39.4 Å². The fourth-order valence-corrected chi connectivity index (χ4v) is 4.94.